The Labute approximate surface area is 132 Å². The third kappa shape index (κ3) is 5.94. The molecule has 0 aliphatic rings. The van der Waals surface area contributed by atoms with Gasteiger partial charge in [-0.15, -0.1) is 0 Å². The van der Waals surface area contributed by atoms with Crippen molar-refractivity contribution in [2.45, 2.75) is 33.7 Å². The van der Waals surface area contributed by atoms with Crippen molar-refractivity contribution >= 4 is 23.3 Å². The zero-order valence-corrected chi connectivity index (χ0v) is 14.0. The van der Waals surface area contributed by atoms with Gasteiger partial charge in [-0.3, -0.25) is 0 Å². The molecule has 4 nitrogen and oxygen atoms in total. The largest absolute Gasteiger partial charge is 0.461 e. The van der Waals surface area contributed by atoms with Crippen LogP contribution in [0.2, 0.25) is 5.02 Å². The van der Waals surface area contributed by atoms with Crippen LogP contribution >= 0.6 is 11.6 Å². The number of likely N-dealkylation sites (N-methyl/N-ethyl adjacent to an activating group) is 1. The first-order chi connectivity index (χ1) is 9.97. The van der Waals surface area contributed by atoms with Crippen molar-refractivity contribution in [3.63, 3.8) is 0 Å². The number of rotatable bonds is 8. The molecule has 0 aromatic heterocycles. The van der Waals surface area contributed by atoms with Gasteiger partial charge in [0.1, 0.15) is 6.61 Å². The highest BCUT2D eigenvalue weighted by Gasteiger charge is 2.13. The fourth-order valence-corrected chi connectivity index (χ4v) is 2.25. The molecule has 0 saturated heterocycles. The number of nitrogens with zero attached hydrogens (tertiary/aromatic N) is 1. The van der Waals surface area contributed by atoms with E-state index in [1.54, 1.807) is 12.1 Å². The number of anilines is 1. The minimum Gasteiger partial charge on any atom is -0.461 e. The minimum atomic E-state index is -0.372. The summed E-state index contributed by atoms with van der Waals surface area (Å²) in [6, 6.07) is 5.61. The second-order valence-corrected chi connectivity index (χ2v) is 5.56. The van der Waals surface area contributed by atoms with Crippen LogP contribution in [0.5, 0.6) is 0 Å². The van der Waals surface area contributed by atoms with Gasteiger partial charge in [-0.1, -0.05) is 25.4 Å². The summed E-state index contributed by atoms with van der Waals surface area (Å²) in [6.07, 6.45) is 0. The average molecular weight is 313 g/mol. The van der Waals surface area contributed by atoms with Crippen molar-refractivity contribution in [1.29, 1.82) is 0 Å². The molecule has 5 heteroatoms. The maximum Gasteiger partial charge on any atom is 0.339 e. The van der Waals surface area contributed by atoms with Crippen LogP contribution in [0.15, 0.2) is 18.2 Å². The summed E-state index contributed by atoms with van der Waals surface area (Å²) in [6.45, 7) is 11.3. The summed E-state index contributed by atoms with van der Waals surface area (Å²) in [4.78, 5) is 14.2. The molecule has 0 amide bonds. The Morgan fingerprint density at radius 2 is 2.00 bits per heavy atom. The van der Waals surface area contributed by atoms with Crippen LogP contribution in [-0.2, 0) is 4.74 Å². The molecule has 0 spiro atoms. The molecule has 0 atom stereocenters. The number of carbonyl (C=O) groups excluding carboxylic acids is 1. The molecule has 1 rings (SSSR count). The lowest BCUT2D eigenvalue weighted by atomic mass is 10.2. The van der Waals surface area contributed by atoms with Crippen molar-refractivity contribution < 1.29 is 9.53 Å². The van der Waals surface area contributed by atoms with Gasteiger partial charge in [0.2, 0.25) is 0 Å². The van der Waals surface area contributed by atoms with Crippen molar-refractivity contribution in [3.05, 3.63) is 28.8 Å². The monoisotopic (exact) mass is 312 g/mol. The van der Waals surface area contributed by atoms with E-state index in [9.17, 15) is 4.79 Å². The molecular weight excluding hydrogens is 288 g/mol. The van der Waals surface area contributed by atoms with E-state index in [0.717, 1.165) is 25.3 Å². The highest BCUT2D eigenvalue weighted by atomic mass is 35.5. The van der Waals surface area contributed by atoms with Crippen LogP contribution < -0.4 is 5.32 Å². The Bertz CT molecular complexity index is 460. The second kappa shape index (κ2) is 8.90. The number of nitrogens with one attached hydrogen (secondary N) is 1. The van der Waals surface area contributed by atoms with E-state index < -0.39 is 0 Å². The first-order valence-corrected chi connectivity index (χ1v) is 7.81. The van der Waals surface area contributed by atoms with Crippen molar-refractivity contribution in [2.24, 2.45) is 0 Å². The van der Waals surface area contributed by atoms with Gasteiger partial charge in [-0.2, -0.15) is 0 Å². The molecule has 0 fully saturated rings. The number of esters is 1. The van der Waals surface area contributed by atoms with Gasteiger partial charge in [-0.25, -0.2) is 4.79 Å². The maximum absolute atomic E-state index is 12.0. The molecule has 1 aromatic rings. The molecule has 0 saturated carbocycles. The van der Waals surface area contributed by atoms with Gasteiger partial charge in [0, 0.05) is 18.3 Å². The lowest BCUT2D eigenvalue weighted by Crippen LogP contribution is -2.27. The van der Waals surface area contributed by atoms with Gasteiger partial charge in [0.25, 0.3) is 0 Å². The second-order valence-electron chi connectivity index (χ2n) is 5.16. The Hall–Kier alpha value is -1.26. The lowest BCUT2D eigenvalue weighted by Gasteiger charge is -2.17. The fourth-order valence-electron chi connectivity index (χ4n) is 1.99. The zero-order chi connectivity index (χ0) is 15.8. The number of halogens is 1. The highest BCUT2D eigenvalue weighted by Crippen LogP contribution is 2.22. The van der Waals surface area contributed by atoms with Crippen LogP contribution in [0.25, 0.3) is 0 Å². The van der Waals surface area contributed by atoms with E-state index in [1.807, 2.05) is 19.9 Å². The zero-order valence-electron chi connectivity index (χ0n) is 13.3. The maximum atomic E-state index is 12.0. The van der Waals surface area contributed by atoms with Gasteiger partial charge in [0.05, 0.1) is 10.6 Å². The first-order valence-electron chi connectivity index (χ1n) is 7.43. The quantitative estimate of drug-likeness (QED) is 0.744. The van der Waals surface area contributed by atoms with Crippen LogP contribution in [-0.4, -0.2) is 43.2 Å². The normalized spacial score (nSPS) is 11.0. The summed E-state index contributed by atoms with van der Waals surface area (Å²) < 4.78 is 5.28. The predicted molar refractivity (Wildman–Crippen MR) is 88.3 cm³/mol. The van der Waals surface area contributed by atoms with Gasteiger partial charge in [0.15, 0.2) is 0 Å². The third-order valence-corrected chi connectivity index (χ3v) is 3.49. The smallest absolute Gasteiger partial charge is 0.339 e. The van der Waals surface area contributed by atoms with Gasteiger partial charge in [-0.05, 0) is 45.1 Å². The van der Waals surface area contributed by atoms with Crippen LogP contribution in [0.1, 0.15) is 38.1 Å². The molecule has 0 bridgehead atoms. The molecule has 1 N–H and O–H groups in total. The van der Waals surface area contributed by atoms with Gasteiger partial charge >= 0.3 is 5.97 Å². The van der Waals surface area contributed by atoms with Gasteiger partial charge < -0.3 is 15.0 Å². The molecular formula is C16H25ClN2O2. The first kappa shape index (κ1) is 17.8. The molecule has 0 aliphatic carbocycles. The molecule has 21 heavy (non-hydrogen) atoms. The van der Waals surface area contributed by atoms with Crippen LogP contribution in [0, 0.1) is 0 Å². The summed E-state index contributed by atoms with van der Waals surface area (Å²) in [5.41, 5.74) is 1.31. The molecule has 118 valence electrons. The SMILES string of the molecule is CCN(CC)CCOC(=O)c1ccc(NC(C)C)cc1Cl. The third-order valence-electron chi connectivity index (χ3n) is 3.18. The average Bonchev–Trinajstić information content (AvgIpc) is 2.43. The molecule has 1 aromatic carbocycles. The van der Waals surface area contributed by atoms with E-state index in [0.29, 0.717) is 23.2 Å². The van der Waals surface area contributed by atoms with Crippen molar-refractivity contribution in [1.82, 2.24) is 4.90 Å². The topological polar surface area (TPSA) is 41.6 Å². The number of benzene rings is 1. The van der Waals surface area contributed by atoms with E-state index >= 15 is 0 Å². The fraction of sp³-hybridized carbons (Fsp3) is 0.562. The number of ether oxygens (including phenoxy) is 1. The van der Waals surface area contributed by atoms with E-state index in [1.165, 1.54) is 0 Å². The number of carbonyl (C=O) groups is 1. The summed E-state index contributed by atoms with van der Waals surface area (Å²) in [7, 11) is 0. The lowest BCUT2D eigenvalue weighted by molar-refractivity contribution is 0.0466. The molecule has 0 aliphatic heterocycles. The van der Waals surface area contributed by atoms with Crippen molar-refractivity contribution in [3.8, 4) is 0 Å². The highest BCUT2D eigenvalue weighted by molar-refractivity contribution is 6.33. The number of hydrogen-bond acceptors (Lipinski definition) is 4. The Morgan fingerprint density at radius 1 is 1.33 bits per heavy atom. The van der Waals surface area contributed by atoms with Crippen LogP contribution in [0.3, 0.4) is 0 Å². The van der Waals surface area contributed by atoms with Crippen molar-refractivity contribution in [2.75, 3.05) is 31.6 Å². The Balaban J connectivity index is 2.58. The van der Waals surface area contributed by atoms with E-state index in [-0.39, 0.29) is 5.97 Å². The van der Waals surface area contributed by atoms with Crippen LogP contribution in [0.4, 0.5) is 5.69 Å². The minimum absolute atomic E-state index is 0.313. The summed E-state index contributed by atoms with van der Waals surface area (Å²) in [5.74, 6) is -0.372. The molecule has 0 heterocycles. The Kier molecular flexibility index (Phi) is 7.54. The molecule has 0 unspecified atom stereocenters. The summed E-state index contributed by atoms with van der Waals surface area (Å²) >= 11 is 6.15. The standard InChI is InChI=1S/C16H25ClN2O2/c1-5-19(6-2)9-10-21-16(20)14-8-7-13(11-15(14)17)18-12(3)4/h7-8,11-12,18H,5-6,9-10H2,1-4H3. The number of hydrogen-bond donors (Lipinski definition) is 1. The Morgan fingerprint density at radius 3 is 2.52 bits per heavy atom. The van der Waals surface area contributed by atoms with E-state index in [4.69, 9.17) is 16.3 Å². The summed E-state index contributed by atoms with van der Waals surface area (Å²) in [5, 5.41) is 3.65. The van der Waals surface area contributed by atoms with E-state index in [2.05, 4.69) is 24.1 Å². The molecule has 0 radical (unpaired) electrons. The predicted octanol–water partition coefficient (Wildman–Crippen LogP) is 3.66.